The van der Waals surface area contributed by atoms with Crippen LogP contribution in [-0.2, 0) is 6.42 Å². The van der Waals surface area contributed by atoms with Crippen LogP contribution in [0.2, 0.25) is 0 Å². The molecule has 2 aromatic heterocycles. The maximum Gasteiger partial charge on any atom is 0.226 e. The highest BCUT2D eigenvalue weighted by molar-refractivity contribution is 5.85. The number of pyridine rings is 1. The molecule has 0 bridgehead atoms. The average Bonchev–Trinajstić information content (AvgIpc) is 3.26. The van der Waals surface area contributed by atoms with Gasteiger partial charge in [-0.15, -0.1) is 24.8 Å². The van der Waals surface area contributed by atoms with Gasteiger partial charge in [0.2, 0.25) is 5.89 Å². The summed E-state index contributed by atoms with van der Waals surface area (Å²) in [6.45, 7) is 6.61. The predicted molar refractivity (Wildman–Crippen MR) is 118 cm³/mol. The number of rotatable bonds is 5. The average molecular weight is 420 g/mol. The van der Waals surface area contributed by atoms with Crippen molar-refractivity contribution >= 4 is 24.8 Å². The highest BCUT2D eigenvalue weighted by Crippen LogP contribution is 2.26. The van der Waals surface area contributed by atoms with Gasteiger partial charge in [0.15, 0.2) is 0 Å². The quantitative estimate of drug-likeness (QED) is 0.540. The second-order valence-electron chi connectivity index (χ2n) is 7.12. The van der Waals surface area contributed by atoms with E-state index in [0.29, 0.717) is 11.9 Å². The van der Waals surface area contributed by atoms with Crippen LogP contribution in [0.3, 0.4) is 0 Å². The van der Waals surface area contributed by atoms with Crippen molar-refractivity contribution in [1.29, 1.82) is 0 Å². The normalized spacial score (nSPS) is 16.4. The fourth-order valence-electron chi connectivity index (χ4n) is 3.70. The smallest absolute Gasteiger partial charge is 0.226 e. The number of hydrogen-bond acceptors (Lipinski definition) is 4. The summed E-state index contributed by atoms with van der Waals surface area (Å²) in [4.78, 5) is 11.5. The van der Waals surface area contributed by atoms with Crippen LogP contribution < -0.4 is 0 Å². The number of hydrogen-bond donors (Lipinski definition) is 0. The molecule has 0 spiro atoms. The third kappa shape index (κ3) is 4.93. The molecular formula is C22H27Cl2N3O. The van der Waals surface area contributed by atoms with Crippen LogP contribution in [0.25, 0.3) is 22.6 Å². The zero-order valence-corrected chi connectivity index (χ0v) is 17.9. The molecule has 3 heterocycles. The van der Waals surface area contributed by atoms with E-state index in [1.165, 1.54) is 19.4 Å². The van der Waals surface area contributed by atoms with Crippen LogP contribution in [0.5, 0.6) is 0 Å². The van der Waals surface area contributed by atoms with Gasteiger partial charge in [-0.2, -0.15) is 0 Å². The van der Waals surface area contributed by atoms with Crippen LogP contribution in [0.15, 0.2) is 53.2 Å². The SMILES string of the molecule is Cc1oc(-c2ccc(-c3cccnc3)cc2)nc1CCN1CCCC1C.Cl.Cl. The van der Waals surface area contributed by atoms with E-state index in [1.54, 1.807) is 6.20 Å². The molecule has 6 heteroatoms. The fourth-order valence-corrected chi connectivity index (χ4v) is 3.70. The van der Waals surface area contributed by atoms with Crippen molar-refractivity contribution in [3.05, 3.63) is 60.2 Å². The van der Waals surface area contributed by atoms with Crippen LogP contribution >= 0.6 is 24.8 Å². The first-order chi connectivity index (χ1) is 12.7. The minimum atomic E-state index is 0. The molecule has 150 valence electrons. The highest BCUT2D eigenvalue weighted by Gasteiger charge is 2.21. The van der Waals surface area contributed by atoms with E-state index in [2.05, 4.69) is 47.1 Å². The number of oxazole rings is 1. The molecule has 0 amide bonds. The maximum absolute atomic E-state index is 5.95. The largest absolute Gasteiger partial charge is 0.441 e. The van der Waals surface area contributed by atoms with Crippen molar-refractivity contribution in [1.82, 2.24) is 14.9 Å². The van der Waals surface area contributed by atoms with Crippen LogP contribution in [0.4, 0.5) is 0 Å². The monoisotopic (exact) mass is 419 g/mol. The summed E-state index contributed by atoms with van der Waals surface area (Å²) in [5, 5.41) is 0. The van der Waals surface area contributed by atoms with E-state index in [4.69, 9.17) is 9.40 Å². The number of aromatic nitrogens is 2. The predicted octanol–water partition coefficient (Wildman–Crippen LogP) is 5.58. The maximum atomic E-state index is 5.95. The second kappa shape index (κ2) is 10.1. The van der Waals surface area contributed by atoms with E-state index in [0.717, 1.165) is 41.1 Å². The molecule has 1 saturated heterocycles. The van der Waals surface area contributed by atoms with Crippen molar-refractivity contribution in [2.75, 3.05) is 13.1 Å². The Hall–Kier alpha value is -1.88. The zero-order valence-electron chi connectivity index (χ0n) is 16.3. The van der Waals surface area contributed by atoms with Gasteiger partial charge in [0, 0.05) is 37.0 Å². The van der Waals surface area contributed by atoms with Gasteiger partial charge in [0.05, 0.1) is 5.69 Å². The Labute approximate surface area is 179 Å². The van der Waals surface area contributed by atoms with Crippen molar-refractivity contribution in [2.45, 2.75) is 39.2 Å². The lowest BCUT2D eigenvalue weighted by atomic mass is 10.1. The number of benzene rings is 1. The first-order valence-electron chi connectivity index (χ1n) is 9.42. The Morgan fingerprint density at radius 2 is 1.82 bits per heavy atom. The minimum absolute atomic E-state index is 0. The summed E-state index contributed by atoms with van der Waals surface area (Å²) in [5.74, 6) is 1.65. The van der Waals surface area contributed by atoms with Gasteiger partial charge in [-0.05, 0) is 62.6 Å². The molecule has 0 N–H and O–H groups in total. The minimum Gasteiger partial charge on any atom is -0.441 e. The lowest BCUT2D eigenvalue weighted by Gasteiger charge is -2.20. The van der Waals surface area contributed by atoms with Crippen molar-refractivity contribution in [2.24, 2.45) is 0 Å². The standard InChI is InChI=1S/C22H25N3O.2ClH/c1-16-5-4-13-25(16)14-11-21-17(2)26-22(24-21)19-9-7-18(8-10-19)20-6-3-12-23-15-20;;/h3,6-10,12,15-16H,4-5,11,13-14H2,1-2H3;2*1H. The van der Waals surface area contributed by atoms with Crippen molar-refractivity contribution in [3.8, 4) is 22.6 Å². The molecule has 0 radical (unpaired) electrons. The molecule has 1 fully saturated rings. The van der Waals surface area contributed by atoms with E-state index < -0.39 is 0 Å². The lowest BCUT2D eigenvalue weighted by molar-refractivity contribution is 0.271. The summed E-state index contributed by atoms with van der Waals surface area (Å²) in [6.07, 6.45) is 7.24. The molecule has 0 saturated carbocycles. The van der Waals surface area contributed by atoms with E-state index in [9.17, 15) is 0 Å². The number of halogens is 2. The molecule has 1 atom stereocenters. The topological polar surface area (TPSA) is 42.2 Å². The van der Waals surface area contributed by atoms with Gasteiger partial charge in [0.25, 0.3) is 0 Å². The summed E-state index contributed by atoms with van der Waals surface area (Å²) in [5.41, 5.74) is 4.35. The molecule has 3 aromatic rings. The van der Waals surface area contributed by atoms with Gasteiger partial charge in [-0.25, -0.2) is 4.98 Å². The van der Waals surface area contributed by atoms with Crippen LogP contribution in [-0.4, -0.2) is 34.0 Å². The molecule has 1 aliphatic rings. The van der Waals surface area contributed by atoms with Crippen LogP contribution in [0.1, 0.15) is 31.2 Å². The Bertz CT molecular complexity index is 865. The summed E-state index contributed by atoms with van der Waals surface area (Å²) in [7, 11) is 0. The number of aryl methyl sites for hydroxylation is 1. The first-order valence-corrected chi connectivity index (χ1v) is 9.42. The summed E-state index contributed by atoms with van der Waals surface area (Å²) >= 11 is 0. The number of likely N-dealkylation sites (tertiary alicyclic amines) is 1. The van der Waals surface area contributed by atoms with E-state index >= 15 is 0 Å². The third-order valence-corrected chi connectivity index (χ3v) is 5.35. The Morgan fingerprint density at radius 1 is 1.07 bits per heavy atom. The Morgan fingerprint density at radius 3 is 2.46 bits per heavy atom. The Kier molecular flexibility index (Phi) is 8.05. The summed E-state index contributed by atoms with van der Waals surface area (Å²) < 4.78 is 5.95. The van der Waals surface area contributed by atoms with Crippen molar-refractivity contribution < 1.29 is 4.42 Å². The van der Waals surface area contributed by atoms with Crippen molar-refractivity contribution in [3.63, 3.8) is 0 Å². The van der Waals surface area contributed by atoms with E-state index in [-0.39, 0.29) is 24.8 Å². The lowest BCUT2D eigenvalue weighted by Crippen LogP contribution is -2.29. The highest BCUT2D eigenvalue weighted by atomic mass is 35.5. The molecule has 4 nitrogen and oxygen atoms in total. The fraction of sp³-hybridized carbons (Fsp3) is 0.364. The first kappa shape index (κ1) is 22.4. The molecule has 28 heavy (non-hydrogen) atoms. The van der Waals surface area contributed by atoms with Crippen LogP contribution in [0, 0.1) is 6.92 Å². The molecule has 1 unspecified atom stereocenters. The van der Waals surface area contributed by atoms with Gasteiger partial charge < -0.3 is 9.32 Å². The Balaban J connectivity index is 0.00000140. The molecule has 0 aliphatic carbocycles. The number of nitrogens with zero attached hydrogens (tertiary/aromatic N) is 3. The van der Waals surface area contributed by atoms with Gasteiger partial charge in [-0.1, -0.05) is 18.2 Å². The second-order valence-corrected chi connectivity index (χ2v) is 7.12. The van der Waals surface area contributed by atoms with Gasteiger partial charge in [0.1, 0.15) is 5.76 Å². The molecule has 4 rings (SSSR count). The third-order valence-electron chi connectivity index (χ3n) is 5.35. The van der Waals surface area contributed by atoms with E-state index in [1.807, 2.05) is 19.2 Å². The van der Waals surface area contributed by atoms with Gasteiger partial charge >= 0.3 is 0 Å². The molecule has 1 aromatic carbocycles. The summed E-state index contributed by atoms with van der Waals surface area (Å²) in [6, 6.07) is 13.0. The zero-order chi connectivity index (χ0) is 17.9. The molecular weight excluding hydrogens is 393 g/mol. The van der Waals surface area contributed by atoms with Gasteiger partial charge in [-0.3, -0.25) is 4.98 Å². The molecule has 1 aliphatic heterocycles.